The van der Waals surface area contributed by atoms with Crippen LogP contribution in [0.3, 0.4) is 0 Å². The summed E-state index contributed by atoms with van der Waals surface area (Å²) in [4.78, 5) is 35.7. The maximum atomic E-state index is 14.4. The van der Waals surface area contributed by atoms with E-state index in [1.165, 1.54) is 12.1 Å². The van der Waals surface area contributed by atoms with Crippen LogP contribution in [0.25, 0.3) is 0 Å². The SMILES string of the molecule is CN(Cc1c(C=O)ccc(CN)c1F)C1CCC(=O)NC1=O. The molecule has 2 amide bonds. The second-order valence-electron chi connectivity index (χ2n) is 5.31. The van der Waals surface area contributed by atoms with Crippen LogP contribution in [-0.4, -0.2) is 36.1 Å². The van der Waals surface area contributed by atoms with Gasteiger partial charge in [-0.3, -0.25) is 24.6 Å². The van der Waals surface area contributed by atoms with Crippen LogP contribution in [0.4, 0.5) is 4.39 Å². The molecule has 1 unspecified atom stereocenters. The molecule has 2 rings (SSSR count). The van der Waals surface area contributed by atoms with Crippen LogP contribution >= 0.6 is 0 Å². The summed E-state index contributed by atoms with van der Waals surface area (Å²) in [5, 5.41) is 2.26. The van der Waals surface area contributed by atoms with Crippen LogP contribution in [0.15, 0.2) is 12.1 Å². The third kappa shape index (κ3) is 3.20. The zero-order valence-corrected chi connectivity index (χ0v) is 12.3. The fourth-order valence-electron chi connectivity index (χ4n) is 2.58. The van der Waals surface area contributed by atoms with Gasteiger partial charge in [-0.25, -0.2) is 4.39 Å². The highest BCUT2D eigenvalue weighted by Crippen LogP contribution is 2.21. The Kier molecular flexibility index (Phi) is 4.99. The minimum atomic E-state index is -0.530. The molecule has 1 aliphatic rings. The number of nitrogens with two attached hydrogens (primary N) is 1. The lowest BCUT2D eigenvalue weighted by molar-refractivity contribution is -0.137. The molecule has 0 aromatic heterocycles. The number of hydrogen-bond donors (Lipinski definition) is 2. The highest BCUT2D eigenvalue weighted by molar-refractivity contribution is 6.00. The quantitative estimate of drug-likeness (QED) is 0.604. The van der Waals surface area contributed by atoms with Crippen molar-refractivity contribution < 1.29 is 18.8 Å². The average Bonchev–Trinajstić information content (AvgIpc) is 2.49. The topological polar surface area (TPSA) is 92.5 Å². The van der Waals surface area contributed by atoms with E-state index in [2.05, 4.69) is 5.32 Å². The molecule has 118 valence electrons. The van der Waals surface area contributed by atoms with Gasteiger partial charge in [-0.2, -0.15) is 0 Å². The molecule has 1 aromatic carbocycles. The summed E-state index contributed by atoms with van der Waals surface area (Å²) in [7, 11) is 1.66. The van der Waals surface area contributed by atoms with Gasteiger partial charge in [0.2, 0.25) is 11.8 Å². The lowest BCUT2D eigenvalue weighted by atomic mass is 10.0. The Balaban J connectivity index is 2.24. The van der Waals surface area contributed by atoms with Gasteiger partial charge in [-0.1, -0.05) is 12.1 Å². The van der Waals surface area contributed by atoms with E-state index in [0.717, 1.165) is 0 Å². The summed E-state index contributed by atoms with van der Waals surface area (Å²) in [6.45, 7) is 0.111. The molecule has 1 aromatic rings. The summed E-state index contributed by atoms with van der Waals surface area (Å²) < 4.78 is 14.4. The van der Waals surface area contributed by atoms with E-state index in [-0.39, 0.29) is 36.5 Å². The number of piperidine rings is 1. The van der Waals surface area contributed by atoms with Gasteiger partial charge in [-0.05, 0) is 13.5 Å². The number of nitrogens with zero attached hydrogens (tertiary/aromatic N) is 1. The minimum Gasteiger partial charge on any atom is -0.326 e. The summed E-state index contributed by atoms with van der Waals surface area (Å²) in [6.07, 6.45) is 1.19. The number of hydrogen-bond acceptors (Lipinski definition) is 5. The fraction of sp³-hybridized carbons (Fsp3) is 0.400. The molecule has 1 heterocycles. The first-order valence-electron chi connectivity index (χ1n) is 6.97. The van der Waals surface area contributed by atoms with Gasteiger partial charge in [0.1, 0.15) is 12.1 Å². The number of amides is 2. The van der Waals surface area contributed by atoms with Crippen molar-refractivity contribution in [3.8, 4) is 0 Å². The van der Waals surface area contributed by atoms with E-state index in [1.54, 1.807) is 11.9 Å². The number of benzene rings is 1. The normalized spacial score (nSPS) is 18.5. The largest absolute Gasteiger partial charge is 0.326 e. The van der Waals surface area contributed by atoms with Gasteiger partial charge in [0.25, 0.3) is 0 Å². The first-order chi connectivity index (χ1) is 10.5. The maximum Gasteiger partial charge on any atom is 0.243 e. The highest BCUT2D eigenvalue weighted by atomic mass is 19.1. The van der Waals surface area contributed by atoms with Gasteiger partial charge >= 0.3 is 0 Å². The molecule has 1 aliphatic heterocycles. The van der Waals surface area contributed by atoms with Gasteiger partial charge in [0.05, 0.1) is 6.04 Å². The Labute approximate surface area is 127 Å². The van der Waals surface area contributed by atoms with Crippen LogP contribution in [-0.2, 0) is 22.7 Å². The molecular formula is C15H18FN3O3. The van der Waals surface area contributed by atoms with Crippen LogP contribution in [0.1, 0.15) is 34.3 Å². The second-order valence-corrected chi connectivity index (χ2v) is 5.31. The number of carbonyl (C=O) groups is 3. The van der Waals surface area contributed by atoms with Crippen molar-refractivity contribution in [1.82, 2.24) is 10.2 Å². The third-order valence-corrected chi connectivity index (χ3v) is 3.86. The van der Waals surface area contributed by atoms with Crippen molar-refractivity contribution in [2.24, 2.45) is 5.73 Å². The number of halogens is 1. The van der Waals surface area contributed by atoms with E-state index in [0.29, 0.717) is 18.3 Å². The Morgan fingerprint density at radius 2 is 2.18 bits per heavy atom. The number of imide groups is 1. The van der Waals surface area contributed by atoms with Crippen LogP contribution in [0.5, 0.6) is 0 Å². The Morgan fingerprint density at radius 3 is 2.77 bits per heavy atom. The fourth-order valence-corrected chi connectivity index (χ4v) is 2.58. The average molecular weight is 307 g/mol. The van der Waals surface area contributed by atoms with E-state index in [1.807, 2.05) is 0 Å². The molecular weight excluding hydrogens is 289 g/mol. The van der Waals surface area contributed by atoms with Gasteiger partial charge in [0, 0.05) is 36.2 Å². The third-order valence-electron chi connectivity index (χ3n) is 3.86. The zero-order chi connectivity index (χ0) is 16.3. The van der Waals surface area contributed by atoms with Crippen LogP contribution in [0, 0.1) is 5.82 Å². The van der Waals surface area contributed by atoms with Crippen molar-refractivity contribution in [2.45, 2.75) is 32.0 Å². The number of nitrogens with one attached hydrogen (secondary N) is 1. The van der Waals surface area contributed by atoms with Gasteiger partial charge in [-0.15, -0.1) is 0 Å². The molecule has 1 saturated heterocycles. The Morgan fingerprint density at radius 1 is 1.45 bits per heavy atom. The van der Waals surface area contributed by atoms with Crippen molar-refractivity contribution in [3.63, 3.8) is 0 Å². The summed E-state index contributed by atoms with van der Waals surface area (Å²) >= 11 is 0. The predicted octanol–water partition coefficient (Wildman–Crippen LogP) is 0.334. The van der Waals surface area contributed by atoms with Crippen LogP contribution < -0.4 is 11.1 Å². The maximum absolute atomic E-state index is 14.4. The molecule has 0 aliphatic carbocycles. The molecule has 0 spiro atoms. The summed E-state index contributed by atoms with van der Waals surface area (Å²) in [5.74, 6) is -1.23. The minimum absolute atomic E-state index is 0.0279. The number of rotatable bonds is 5. The van der Waals surface area contributed by atoms with E-state index in [9.17, 15) is 18.8 Å². The zero-order valence-electron chi connectivity index (χ0n) is 12.3. The molecule has 1 atom stereocenters. The summed E-state index contributed by atoms with van der Waals surface area (Å²) in [6, 6.07) is 2.47. The Hall–Kier alpha value is -2.12. The van der Waals surface area contributed by atoms with Gasteiger partial charge < -0.3 is 5.73 Å². The first-order valence-corrected chi connectivity index (χ1v) is 6.97. The highest BCUT2D eigenvalue weighted by Gasteiger charge is 2.30. The van der Waals surface area contributed by atoms with Gasteiger partial charge in [0.15, 0.2) is 0 Å². The van der Waals surface area contributed by atoms with Crippen molar-refractivity contribution in [2.75, 3.05) is 7.05 Å². The van der Waals surface area contributed by atoms with Crippen molar-refractivity contribution >= 4 is 18.1 Å². The molecule has 0 radical (unpaired) electrons. The molecule has 1 fully saturated rings. The number of aldehydes is 1. The lowest BCUT2D eigenvalue weighted by Gasteiger charge is -2.30. The standard InChI is InChI=1S/C15H18FN3O3/c1-19(12-4-5-13(21)18-15(12)22)7-11-10(8-20)3-2-9(6-17)14(11)16/h2-3,8,12H,4-7,17H2,1H3,(H,18,21,22). The molecule has 0 saturated carbocycles. The first kappa shape index (κ1) is 16.3. The van der Waals surface area contributed by atoms with E-state index >= 15 is 0 Å². The number of likely N-dealkylation sites (N-methyl/N-ethyl adjacent to an activating group) is 1. The molecule has 6 nitrogen and oxygen atoms in total. The monoisotopic (exact) mass is 307 g/mol. The molecule has 22 heavy (non-hydrogen) atoms. The van der Waals surface area contributed by atoms with E-state index < -0.39 is 17.8 Å². The lowest BCUT2D eigenvalue weighted by Crippen LogP contribution is -2.51. The number of carbonyl (C=O) groups excluding carboxylic acids is 3. The van der Waals surface area contributed by atoms with Crippen LogP contribution in [0.2, 0.25) is 0 Å². The molecule has 0 bridgehead atoms. The Bertz CT molecular complexity index is 618. The van der Waals surface area contributed by atoms with Crippen molar-refractivity contribution in [3.05, 3.63) is 34.6 Å². The van der Waals surface area contributed by atoms with Crippen molar-refractivity contribution in [1.29, 1.82) is 0 Å². The van der Waals surface area contributed by atoms with E-state index in [4.69, 9.17) is 5.73 Å². The predicted molar refractivity (Wildman–Crippen MR) is 77.3 cm³/mol. The second kappa shape index (κ2) is 6.76. The smallest absolute Gasteiger partial charge is 0.243 e. The molecule has 3 N–H and O–H groups in total. The summed E-state index contributed by atoms with van der Waals surface area (Å²) in [5.41, 5.74) is 6.24. The molecule has 7 heteroatoms.